The van der Waals surface area contributed by atoms with Gasteiger partial charge in [0.2, 0.25) is 0 Å². The topological polar surface area (TPSA) is 64.9 Å². The number of methoxy groups -OCH3 is 1. The Labute approximate surface area is 173 Å². The van der Waals surface area contributed by atoms with E-state index >= 15 is 0 Å². The lowest BCUT2D eigenvalue weighted by atomic mass is 10.1. The highest BCUT2D eigenvalue weighted by molar-refractivity contribution is 5.86. The first-order chi connectivity index (χ1) is 14.2. The number of hydrogen-bond acceptors (Lipinski definition) is 4. The van der Waals surface area contributed by atoms with E-state index < -0.39 is 17.5 Å². The highest BCUT2D eigenvalue weighted by Crippen LogP contribution is 2.28. The molecule has 0 radical (unpaired) electrons. The van der Waals surface area contributed by atoms with E-state index in [2.05, 4.69) is 10.3 Å². The molecule has 0 spiro atoms. The zero-order chi connectivity index (χ0) is 21.5. The molecule has 0 saturated carbocycles. The zero-order valence-corrected chi connectivity index (χ0v) is 17.2. The Morgan fingerprint density at radius 1 is 1.07 bits per heavy atom. The molecule has 0 bridgehead atoms. The van der Waals surface area contributed by atoms with Gasteiger partial charge in [-0.1, -0.05) is 6.07 Å². The first kappa shape index (κ1) is 19.7. The molecule has 0 fully saturated rings. The minimum atomic E-state index is -0.699. The molecule has 4 rings (SSSR count). The molecule has 2 aromatic heterocycles. The summed E-state index contributed by atoms with van der Waals surface area (Å²) in [6.45, 7) is 5.24. The predicted molar refractivity (Wildman–Crippen MR) is 115 cm³/mol. The van der Waals surface area contributed by atoms with E-state index in [0.717, 1.165) is 28.0 Å². The van der Waals surface area contributed by atoms with Gasteiger partial charge in [0.25, 0.3) is 0 Å². The van der Waals surface area contributed by atoms with E-state index in [4.69, 9.17) is 9.47 Å². The smallest absolute Gasteiger partial charge is 0.412 e. The van der Waals surface area contributed by atoms with Crippen LogP contribution >= 0.6 is 0 Å². The molecule has 154 valence electrons. The molecule has 0 unspecified atom stereocenters. The number of fused-ring (bicyclic) bond motifs is 3. The highest BCUT2D eigenvalue weighted by Gasteiger charge is 2.17. The maximum atomic E-state index is 14.6. The number of benzene rings is 2. The SMILES string of the molecule is COc1ccc2nc3cc(-c4ccc(NC(=O)OC(C)(C)C)c(F)c4)ccn3c2c1. The minimum Gasteiger partial charge on any atom is -0.497 e. The Morgan fingerprint density at radius 3 is 2.53 bits per heavy atom. The molecule has 1 N–H and O–H groups in total. The molecule has 4 aromatic rings. The standard InChI is InChI=1S/C23H22FN3O3/c1-23(2,3)30-22(28)26-18-7-5-14(11-17(18)24)15-9-10-27-20-13-16(29-4)6-8-19(20)25-21(27)12-15/h5-13H,1-4H3,(H,26,28). The van der Waals surface area contributed by atoms with Gasteiger partial charge < -0.3 is 9.47 Å². The van der Waals surface area contributed by atoms with Crippen LogP contribution in [0.3, 0.4) is 0 Å². The quantitative estimate of drug-likeness (QED) is 0.477. The maximum Gasteiger partial charge on any atom is 0.412 e. The van der Waals surface area contributed by atoms with Crippen molar-refractivity contribution in [3.8, 4) is 16.9 Å². The largest absolute Gasteiger partial charge is 0.497 e. The lowest BCUT2D eigenvalue weighted by Gasteiger charge is -2.19. The average Bonchev–Trinajstić information content (AvgIpc) is 3.05. The fraction of sp³-hybridized carbons (Fsp3) is 0.217. The zero-order valence-electron chi connectivity index (χ0n) is 17.2. The first-order valence-electron chi connectivity index (χ1n) is 9.49. The van der Waals surface area contributed by atoms with Gasteiger partial charge >= 0.3 is 6.09 Å². The number of rotatable bonds is 3. The number of nitrogens with one attached hydrogen (secondary N) is 1. The highest BCUT2D eigenvalue weighted by atomic mass is 19.1. The first-order valence-corrected chi connectivity index (χ1v) is 9.49. The van der Waals surface area contributed by atoms with E-state index in [1.807, 2.05) is 40.9 Å². The summed E-state index contributed by atoms with van der Waals surface area (Å²) in [4.78, 5) is 16.5. The third-order valence-corrected chi connectivity index (χ3v) is 4.55. The summed E-state index contributed by atoms with van der Waals surface area (Å²) in [6.07, 6.45) is 1.19. The van der Waals surface area contributed by atoms with Gasteiger partial charge in [0.1, 0.15) is 22.8 Å². The lowest BCUT2D eigenvalue weighted by Crippen LogP contribution is -2.27. The Balaban J connectivity index is 1.64. The van der Waals surface area contributed by atoms with Gasteiger partial charge in [-0.15, -0.1) is 0 Å². The van der Waals surface area contributed by atoms with Gasteiger partial charge in [0.15, 0.2) is 0 Å². The van der Waals surface area contributed by atoms with Gasteiger partial charge in [-0.25, -0.2) is 14.2 Å². The predicted octanol–water partition coefficient (Wildman–Crippen LogP) is 5.65. The number of imidazole rings is 1. The summed E-state index contributed by atoms with van der Waals surface area (Å²) in [5.74, 6) is 0.208. The van der Waals surface area contributed by atoms with E-state index in [0.29, 0.717) is 5.56 Å². The Kier molecular flexibility index (Phi) is 4.81. The van der Waals surface area contributed by atoms with Gasteiger partial charge in [0, 0.05) is 12.3 Å². The molecule has 0 aliphatic heterocycles. The van der Waals surface area contributed by atoms with Crippen molar-refractivity contribution in [3.05, 3.63) is 60.5 Å². The second-order valence-electron chi connectivity index (χ2n) is 7.93. The van der Waals surface area contributed by atoms with Crippen LogP contribution in [-0.2, 0) is 4.74 Å². The molecule has 2 heterocycles. The number of amides is 1. The van der Waals surface area contributed by atoms with Crippen molar-refractivity contribution in [2.75, 3.05) is 12.4 Å². The van der Waals surface area contributed by atoms with Crippen molar-refractivity contribution in [3.63, 3.8) is 0 Å². The Bertz CT molecular complexity index is 1260. The van der Waals surface area contributed by atoms with Gasteiger partial charge in [-0.05, 0) is 68.3 Å². The summed E-state index contributed by atoms with van der Waals surface area (Å²) < 4.78 is 27.0. The van der Waals surface area contributed by atoms with Crippen molar-refractivity contribution in [2.45, 2.75) is 26.4 Å². The van der Waals surface area contributed by atoms with Crippen LogP contribution in [0.1, 0.15) is 20.8 Å². The molecule has 0 aliphatic carbocycles. The third-order valence-electron chi connectivity index (χ3n) is 4.55. The van der Waals surface area contributed by atoms with Crippen molar-refractivity contribution >= 4 is 28.5 Å². The number of ether oxygens (including phenoxy) is 2. The normalized spacial score (nSPS) is 11.6. The van der Waals surface area contributed by atoms with Gasteiger partial charge in [-0.2, -0.15) is 0 Å². The molecule has 30 heavy (non-hydrogen) atoms. The van der Waals surface area contributed by atoms with Crippen LogP contribution < -0.4 is 10.1 Å². The summed E-state index contributed by atoms with van der Waals surface area (Å²) >= 11 is 0. The molecular weight excluding hydrogens is 385 g/mol. The van der Waals surface area contributed by atoms with Crippen LogP contribution in [0.4, 0.5) is 14.9 Å². The molecule has 0 atom stereocenters. The van der Waals surface area contributed by atoms with Crippen molar-refractivity contribution in [1.29, 1.82) is 0 Å². The molecule has 2 aromatic carbocycles. The monoisotopic (exact) mass is 407 g/mol. The summed E-state index contributed by atoms with van der Waals surface area (Å²) in [5, 5.41) is 2.44. The number of halogens is 1. The second kappa shape index (κ2) is 7.33. The molecular formula is C23H22FN3O3. The molecule has 1 amide bonds. The van der Waals surface area contributed by atoms with Crippen molar-refractivity contribution < 1.29 is 18.7 Å². The maximum absolute atomic E-state index is 14.6. The minimum absolute atomic E-state index is 0.0627. The fourth-order valence-electron chi connectivity index (χ4n) is 3.21. The summed E-state index contributed by atoms with van der Waals surface area (Å²) in [7, 11) is 1.62. The number of anilines is 1. The van der Waals surface area contributed by atoms with Crippen LogP contribution in [0.25, 0.3) is 27.8 Å². The number of aromatic nitrogens is 2. The summed E-state index contributed by atoms with van der Waals surface area (Å²) in [6, 6.07) is 14.1. The number of nitrogens with zero attached hydrogens (tertiary/aromatic N) is 2. The molecule has 0 saturated heterocycles. The van der Waals surface area contributed by atoms with Crippen molar-refractivity contribution in [1.82, 2.24) is 9.38 Å². The van der Waals surface area contributed by atoms with Crippen molar-refractivity contribution in [2.24, 2.45) is 0 Å². The number of carbonyl (C=O) groups is 1. The number of carbonyl (C=O) groups excluding carboxylic acids is 1. The van der Waals surface area contributed by atoms with E-state index in [9.17, 15) is 9.18 Å². The summed E-state index contributed by atoms with van der Waals surface area (Å²) in [5.41, 5.74) is 3.41. The number of hydrogen-bond donors (Lipinski definition) is 1. The molecule has 0 aliphatic rings. The van der Waals surface area contributed by atoms with E-state index in [1.165, 1.54) is 12.1 Å². The Morgan fingerprint density at radius 2 is 1.83 bits per heavy atom. The fourth-order valence-corrected chi connectivity index (χ4v) is 3.21. The second-order valence-corrected chi connectivity index (χ2v) is 7.93. The third kappa shape index (κ3) is 3.91. The molecule has 6 nitrogen and oxygen atoms in total. The van der Waals surface area contributed by atoms with E-state index in [1.54, 1.807) is 33.9 Å². The van der Waals surface area contributed by atoms with Crippen LogP contribution in [0.2, 0.25) is 0 Å². The van der Waals surface area contributed by atoms with Crippen LogP contribution in [0, 0.1) is 5.82 Å². The van der Waals surface area contributed by atoms with E-state index in [-0.39, 0.29) is 5.69 Å². The van der Waals surface area contributed by atoms with Gasteiger partial charge in [0.05, 0.1) is 23.8 Å². The number of pyridine rings is 1. The lowest BCUT2D eigenvalue weighted by molar-refractivity contribution is 0.0635. The average molecular weight is 407 g/mol. The van der Waals surface area contributed by atoms with Crippen LogP contribution in [-0.4, -0.2) is 28.2 Å². The van der Waals surface area contributed by atoms with Crippen LogP contribution in [0.15, 0.2) is 54.7 Å². The Hall–Kier alpha value is -3.61. The van der Waals surface area contributed by atoms with Gasteiger partial charge in [-0.3, -0.25) is 9.72 Å². The molecule has 7 heteroatoms. The van der Waals surface area contributed by atoms with Crippen LogP contribution in [0.5, 0.6) is 5.75 Å².